The zero-order chi connectivity index (χ0) is 13.0. The molecule has 1 fully saturated rings. The van der Waals surface area contributed by atoms with Crippen molar-refractivity contribution in [1.82, 2.24) is 5.32 Å². The molecule has 0 aliphatic carbocycles. The van der Waals surface area contributed by atoms with Crippen LogP contribution in [0.1, 0.15) is 12.8 Å². The number of ether oxygens (including phenoxy) is 1. The smallest absolute Gasteiger partial charge is 0.228 e. The summed E-state index contributed by atoms with van der Waals surface area (Å²) in [4.78, 5) is 12.1. The van der Waals surface area contributed by atoms with E-state index in [0.29, 0.717) is 11.4 Å². The van der Waals surface area contributed by atoms with Crippen LogP contribution in [0.5, 0.6) is 5.75 Å². The predicted octanol–water partition coefficient (Wildman–Crippen LogP) is 2.40. The molecule has 0 aromatic heterocycles. The number of benzene rings is 1. The Morgan fingerprint density at radius 1 is 1.56 bits per heavy atom. The van der Waals surface area contributed by atoms with Crippen molar-refractivity contribution in [2.45, 2.75) is 12.8 Å². The minimum atomic E-state index is 0.0439. The van der Waals surface area contributed by atoms with E-state index >= 15 is 0 Å². The molecule has 4 nitrogen and oxygen atoms in total. The number of halogens is 1. The number of carbonyl (C=O) groups excluding carboxylic acids is 1. The van der Waals surface area contributed by atoms with Crippen LogP contribution >= 0.6 is 15.9 Å². The number of carbonyl (C=O) groups is 1. The van der Waals surface area contributed by atoms with E-state index in [4.69, 9.17) is 4.74 Å². The number of hydrogen-bond donors (Lipinski definition) is 2. The average Bonchev–Trinajstić information content (AvgIpc) is 2.40. The lowest BCUT2D eigenvalue weighted by Crippen LogP contribution is -2.37. The number of amides is 1. The third-order valence-electron chi connectivity index (χ3n) is 3.09. The van der Waals surface area contributed by atoms with E-state index in [0.717, 1.165) is 30.4 Å². The van der Waals surface area contributed by atoms with Gasteiger partial charge in [0.15, 0.2) is 0 Å². The van der Waals surface area contributed by atoms with Crippen LogP contribution in [0.25, 0.3) is 0 Å². The first-order chi connectivity index (χ1) is 8.70. The lowest BCUT2D eigenvalue weighted by atomic mass is 9.99. The van der Waals surface area contributed by atoms with E-state index in [1.807, 2.05) is 18.2 Å². The highest BCUT2D eigenvalue weighted by molar-refractivity contribution is 9.10. The standard InChI is InChI=1S/C13H17BrN2O2/c1-18-12-5-4-10(14)7-11(12)16-13(17)9-3-2-6-15-8-9/h4-5,7,9,15H,2-3,6,8H2,1H3,(H,16,17)/t9-/m1/s1. The Hall–Kier alpha value is -1.07. The van der Waals surface area contributed by atoms with E-state index in [2.05, 4.69) is 26.6 Å². The summed E-state index contributed by atoms with van der Waals surface area (Å²) in [6.45, 7) is 1.76. The van der Waals surface area contributed by atoms with Crippen LogP contribution in [-0.4, -0.2) is 26.1 Å². The van der Waals surface area contributed by atoms with Crippen molar-refractivity contribution in [1.29, 1.82) is 0 Å². The van der Waals surface area contributed by atoms with Crippen LogP contribution < -0.4 is 15.4 Å². The minimum absolute atomic E-state index is 0.0439. The Balaban J connectivity index is 2.07. The van der Waals surface area contributed by atoms with Gasteiger partial charge in [0.05, 0.1) is 18.7 Å². The fraction of sp³-hybridized carbons (Fsp3) is 0.462. The first kappa shape index (κ1) is 13.4. The molecule has 0 unspecified atom stereocenters. The van der Waals surface area contributed by atoms with E-state index < -0.39 is 0 Å². The zero-order valence-electron chi connectivity index (χ0n) is 10.3. The molecule has 1 atom stereocenters. The average molecular weight is 313 g/mol. The van der Waals surface area contributed by atoms with Crippen molar-refractivity contribution in [2.75, 3.05) is 25.5 Å². The van der Waals surface area contributed by atoms with Gasteiger partial charge in [-0.05, 0) is 37.6 Å². The fourth-order valence-corrected chi connectivity index (χ4v) is 2.45. The number of piperidine rings is 1. The molecule has 1 amide bonds. The quantitative estimate of drug-likeness (QED) is 0.901. The van der Waals surface area contributed by atoms with Crippen LogP contribution in [0.4, 0.5) is 5.69 Å². The van der Waals surface area contributed by atoms with Gasteiger partial charge in [-0.25, -0.2) is 0 Å². The number of methoxy groups -OCH3 is 1. The first-order valence-corrected chi connectivity index (χ1v) is 6.85. The van der Waals surface area contributed by atoms with Crippen molar-refractivity contribution in [3.05, 3.63) is 22.7 Å². The summed E-state index contributed by atoms with van der Waals surface area (Å²) in [6, 6.07) is 5.57. The van der Waals surface area contributed by atoms with Gasteiger partial charge in [0.2, 0.25) is 5.91 Å². The van der Waals surface area contributed by atoms with Crippen molar-refractivity contribution < 1.29 is 9.53 Å². The zero-order valence-corrected chi connectivity index (χ0v) is 11.9. The van der Waals surface area contributed by atoms with E-state index in [9.17, 15) is 4.79 Å². The molecule has 0 bridgehead atoms. The molecule has 2 rings (SSSR count). The Kier molecular flexibility index (Phi) is 4.60. The molecule has 0 radical (unpaired) electrons. The lowest BCUT2D eigenvalue weighted by Gasteiger charge is -2.22. The van der Waals surface area contributed by atoms with Gasteiger partial charge >= 0.3 is 0 Å². The molecule has 1 aromatic rings. The Morgan fingerprint density at radius 2 is 2.39 bits per heavy atom. The summed E-state index contributed by atoms with van der Waals surface area (Å²) < 4.78 is 6.15. The molecule has 2 N–H and O–H groups in total. The maximum absolute atomic E-state index is 12.1. The van der Waals surface area contributed by atoms with Crippen LogP contribution in [0.2, 0.25) is 0 Å². The number of rotatable bonds is 3. The summed E-state index contributed by atoms with van der Waals surface area (Å²) in [7, 11) is 1.60. The van der Waals surface area contributed by atoms with Gasteiger partial charge in [0.25, 0.3) is 0 Å². The van der Waals surface area contributed by atoms with Gasteiger partial charge in [-0.3, -0.25) is 4.79 Å². The highest BCUT2D eigenvalue weighted by Crippen LogP contribution is 2.28. The lowest BCUT2D eigenvalue weighted by molar-refractivity contribution is -0.120. The molecular formula is C13H17BrN2O2. The summed E-state index contributed by atoms with van der Waals surface area (Å²) in [5.41, 5.74) is 0.711. The molecule has 1 aromatic carbocycles. The van der Waals surface area contributed by atoms with E-state index in [1.165, 1.54) is 0 Å². The van der Waals surface area contributed by atoms with Gasteiger partial charge in [-0.1, -0.05) is 15.9 Å². The molecule has 1 heterocycles. The van der Waals surface area contributed by atoms with Crippen LogP contribution in [-0.2, 0) is 4.79 Å². The number of nitrogens with one attached hydrogen (secondary N) is 2. The van der Waals surface area contributed by atoms with Crippen molar-refractivity contribution in [3.63, 3.8) is 0 Å². The summed E-state index contributed by atoms with van der Waals surface area (Å²) in [5, 5.41) is 6.18. The maximum atomic E-state index is 12.1. The molecule has 98 valence electrons. The Bertz CT molecular complexity index is 431. The first-order valence-electron chi connectivity index (χ1n) is 6.06. The van der Waals surface area contributed by atoms with E-state index in [-0.39, 0.29) is 11.8 Å². The Labute approximate surface area is 115 Å². The van der Waals surface area contributed by atoms with Gasteiger partial charge in [0.1, 0.15) is 5.75 Å². The van der Waals surface area contributed by atoms with Gasteiger partial charge in [-0.2, -0.15) is 0 Å². The van der Waals surface area contributed by atoms with Gasteiger partial charge in [0, 0.05) is 11.0 Å². The number of hydrogen-bond acceptors (Lipinski definition) is 3. The van der Waals surface area contributed by atoms with Crippen molar-refractivity contribution in [3.8, 4) is 5.75 Å². The molecule has 0 saturated carbocycles. The maximum Gasteiger partial charge on any atom is 0.228 e. The van der Waals surface area contributed by atoms with Crippen LogP contribution in [0, 0.1) is 5.92 Å². The monoisotopic (exact) mass is 312 g/mol. The highest BCUT2D eigenvalue weighted by atomic mass is 79.9. The predicted molar refractivity (Wildman–Crippen MR) is 74.9 cm³/mol. The third kappa shape index (κ3) is 3.23. The summed E-state index contributed by atoms with van der Waals surface area (Å²) >= 11 is 3.39. The second-order valence-electron chi connectivity index (χ2n) is 4.38. The van der Waals surface area contributed by atoms with E-state index in [1.54, 1.807) is 7.11 Å². The second kappa shape index (κ2) is 6.20. The largest absolute Gasteiger partial charge is 0.495 e. The van der Waals surface area contributed by atoms with Gasteiger partial charge < -0.3 is 15.4 Å². The fourth-order valence-electron chi connectivity index (χ4n) is 2.09. The number of anilines is 1. The molecule has 0 spiro atoms. The third-order valence-corrected chi connectivity index (χ3v) is 3.58. The minimum Gasteiger partial charge on any atom is -0.495 e. The van der Waals surface area contributed by atoms with Gasteiger partial charge in [-0.15, -0.1) is 0 Å². The highest BCUT2D eigenvalue weighted by Gasteiger charge is 2.21. The summed E-state index contributed by atoms with van der Waals surface area (Å²) in [5.74, 6) is 0.774. The van der Waals surface area contributed by atoms with Crippen molar-refractivity contribution in [2.24, 2.45) is 5.92 Å². The molecule has 1 aliphatic rings. The molecular weight excluding hydrogens is 296 g/mol. The Morgan fingerprint density at radius 3 is 3.06 bits per heavy atom. The normalized spacial score (nSPS) is 19.3. The van der Waals surface area contributed by atoms with Crippen LogP contribution in [0.15, 0.2) is 22.7 Å². The molecule has 5 heteroatoms. The van der Waals surface area contributed by atoms with Crippen LogP contribution in [0.3, 0.4) is 0 Å². The van der Waals surface area contributed by atoms with Crippen molar-refractivity contribution >= 4 is 27.5 Å². The topological polar surface area (TPSA) is 50.4 Å². The SMILES string of the molecule is COc1ccc(Br)cc1NC(=O)[C@@H]1CCCNC1. The molecule has 1 saturated heterocycles. The summed E-state index contributed by atoms with van der Waals surface area (Å²) in [6.07, 6.45) is 1.99. The second-order valence-corrected chi connectivity index (χ2v) is 5.29. The molecule has 1 aliphatic heterocycles. The molecule has 18 heavy (non-hydrogen) atoms.